The molecule has 0 aromatic rings. The van der Waals surface area contributed by atoms with E-state index in [-0.39, 0.29) is 0 Å². The molecule has 19 heavy (non-hydrogen) atoms. The fourth-order valence-electron chi connectivity index (χ4n) is 3.73. The lowest BCUT2D eigenvalue weighted by Gasteiger charge is -2.40. The van der Waals surface area contributed by atoms with E-state index in [0.717, 1.165) is 31.3 Å². The molecule has 4 nitrogen and oxygen atoms in total. The van der Waals surface area contributed by atoms with E-state index in [0.29, 0.717) is 13.2 Å². The third-order valence-electron chi connectivity index (χ3n) is 4.98. The molecule has 0 radical (unpaired) electrons. The first-order chi connectivity index (χ1) is 9.33. The molecule has 4 heteroatoms. The average Bonchev–Trinajstić information content (AvgIpc) is 2.47. The van der Waals surface area contributed by atoms with Gasteiger partial charge in [-0.2, -0.15) is 0 Å². The zero-order valence-electron chi connectivity index (χ0n) is 12.1. The van der Waals surface area contributed by atoms with E-state index in [1.807, 2.05) is 0 Å². The van der Waals surface area contributed by atoms with Gasteiger partial charge in [0.2, 0.25) is 0 Å². The maximum Gasteiger partial charge on any atom is 0.0558 e. The average molecular weight is 270 g/mol. The third kappa shape index (κ3) is 4.71. The van der Waals surface area contributed by atoms with Crippen molar-refractivity contribution in [1.82, 2.24) is 9.80 Å². The molecule has 0 spiro atoms. The highest BCUT2D eigenvalue weighted by molar-refractivity contribution is 4.82. The molecule has 2 aliphatic heterocycles. The van der Waals surface area contributed by atoms with Crippen LogP contribution in [0.4, 0.5) is 0 Å². The quantitative estimate of drug-likeness (QED) is 0.749. The fraction of sp³-hybridized carbons (Fsp3) is 1.00. The Morgan fingerprint density at radius 2 is 1.16 bits per heavy atom. The largest absolute Gasteiger partial charge is 0.396 e. The van der Waals surface area contributed by atoms with Crippen LogP contribution < -0.4 is 0 Å². The van der Waals surface area contributed by atoms with Crippen LogP contribution in [-0.2, 0) is 0 Å². The van der Waals surface area contributed by atoms with Gasteiger partial charge in [-0.1, -0.05) is 0 Å². The second-order valence-corrected chi connectivity index (χ2v) is 6.16. The summed E-state index contributed by atoms with van der Waals surface area (Å²) in [6.45, 7) is 7.34. The number of hydrogen-bond acceptors (Lipinski definition) is 4. The monoisotopic (exact) mass is 270 g/mol. The molecule has 2 fully saturated rings. The molecule has 0 aromatic carbocycles. The van der Waals surface area contributed by atoms with Gasteiger partial charge >= 0.3 is 0 Å². The molecule has 0 unspecified atom stereocenters. The van der Waals surface area contributed by atoms with Gasteiger partial charge < -0.3 is 20.0 Å². The standard InChI is InChI=1S/C15H30N2O2/c18-12-1-6-16-7-2-14(3-8-16)15-4-9-17(10-5-15)11-13-19/h14-15,18-19H,1-13H2. The molecule has 0 amide bonds. The zero-order chi connectivity index (χ0) is 13.5. The van der Waals surface area contributed by atoms with Gasteiger partial charge in [0.15, 0.2) is 0 Å². The first kappa shape index (κ1) is 15.2. The highest BCUT2D eigenvalue weighted by atomic mass is 16.3. The number of β-amino-alcohol motifs (C(OH)–C–C–N with tert-alkyl or cyclic N) is 1. The Bertz CT molecular complexity index is 234. The van der Waals surface area contributed by atoms with Gasteiger partial charge in [-0.15, -0.1) is 0 Å². The summed E-state index contributed by atoms with van der Waals surface area (Å²) in [5.41, 5.74) is 0. The predicted molar refractivity (Wildman–Crippen MR) is 77.1 cm³/mol. The molecule has 0 aromatic heterocycles. The van der Waals surface area contributed by atoms with Gasteiger partial charge in [-0.05, 0) is 70.1 Å². The van der Waals surface area contributed by atoms with Gasteiger partial charge in [0.1, 0.15) is 0 Å². The molecule has 2 aliphatic rings. The third-order valence-corrected chi connectivity index (χ3v) is 4.98. The number of piperidine rings is 2. The number of rotatable bonds is 6. The van der Waals surface area contributed by atoms with Crippen molar-refractivity contribution in [3.63, 3.8) is 0 Å². The van der Waals surface area contributed by atoms with Crippen LogP contribution in [0.1, 0.15) is 32.1 Å². The molecule has 2 heterocycles. The molecular formula is C15H30N2O2. The molecule has 112 valence electrons. The van der Waals surface area contributed by atoms with Crippen LogP contribution in [0.3, 0.4) is 0 Å². The summed E-state index contributed by atoms with van der Waals surface area (Å²) >= 11 is 0. The van der Waals surface area contributed by atoms with Crippen molar-refractivity contribution in [2.45, 2.75) is 32.1 Å². The molecule has 2 N–H and O–H groups in total. The summed E-state index contributed by atoms with van der Waals surface area (Å²) < 4.78 is 0. The van der Waals surface area contributed by atoms with E-state index in [9.17, 15) is 0 Å². The Morgan fingerprint density at radius 3 is 1.58 bits per heavy atom. The van der Waals surface area contributed by atoms with Crippen LogP contribution in [-0.4, -0.2) is 72.5 Å². The molecule has 2 saturated heterocycles. The second-order valence-electron chi connectivity index (χ2n) is 6.16. The van der Waals surface area contributed by atoms with Gasteiger partial charge in [-0.3, -0.25) is 0 Å². The molecule has 0 bridgehead atoms. The summed E-state index contributed by atoms with van der Waals surface area (Å²) in [7, 11) is 0. The predicted octanol–water partition coefficient (Wildman–Crippen LogP) is 0.785. The Labute approximate surface area is 117 Å². The number of hydrogen-bond donors (Lipinski definition) is 2. The minimum atomic E-state index is 0.300. The van der Waals surface area contributed by atoms with E-state index in [1.54, 1.807) is 0 Å². The van der Waals surface area contributed by atoms with Gasteiger partial charge in [-0.25, -0.2) is 0 Å². The van der Waals surface area contributed by atoms with E-state index in [2.05, 4.69) is 9.80 Å². The first-order valence-electron chi connectivity index (χ1n) is 8.00. The Hall–Kier alpha value is -0.160. The molecular weight excluding hydrogens is 240 g/mol. The van der Waals surface area contributed by atoms with Crippen molar-refractivity contribution in [1.29, 1.82) is 0 Å². The van der Waals surface area contributed by atoms with E-state index >= 15 is 0 Å². The van der Waals surface area contributed by atoms with Crippen LogP contribution in [0.15, 0.2) is 0 Å². The number of likely N-dealkylation sites (tertiary alicyclic amines) is 2. The smallest absolute Gasteiger partial charge is 0.0558 e. The SMILES string of the molecule is OCCCN1CCC(C2CCN(CCO)CC2)CC1. The van der Waals surface area contributed by atoms with Gasteiger partial charge in [0, 0.05) is 19.7 Å². The van der Waals surface area contributed by atoms with E-state index in [4.69, 9.17) is 10.2 Å². The maximum atomic E-state index is 8.97. The Morgan fingerprint density at radius 1 is 0.684 bits per heavy atom. The lowest BCUT2D eigenvalue weighted by atomic mass is 9.79. The summed E-state index contributed by atoms with van der Waals surface area (Å²) in [4.78, 5) is 4.90. The summed E-state index contributed by atoms with van der Waals surface area (Å²) in [5, 5.41) is 17.8. The van der Waals surface area contributed by atoms with E-state index in [1.165, 1.54) is 51.9 Å². The molecule has 0 saturated carbocycles. The summed E-state index contributed by atoms with van der Waals surface area (Å²) in [6.07, 6.45) is 6.25. The van der Waals surface area contributed by atoms with Crippen LogP contribution >= 0.6 is 0 Å². The van der Waals surface area contributed by atoms with E-state index < -0.39 is 0 Å². The van der Waals surface area contributed by atoms with Gasteiger partial charge in [0.05, 0.1) is 6.61 Å². The lowest BCUT2D eigenvalue weighted by molar-refractivity contribution is 0.0855. The Kier molecular flexibility index (Phi) is 6.57. The number of aliphatic hydroxyl groups excluding tert-OH is 2. The van der Waals surface area contributed by atoms with Gasteiger partial charge in [0.25, 0.3) is 0 Å². The van der Waals surface area contributed by atoms with Crippen LogP contribution in [0.2, 0.25) is 0 Å². The highest BCUT2D eigenvalue weighted by Crippen LogP contribution is 2.32. The number of aliphatic hydroxyl groups is 2. The van der Waals surface area contributed by atoms with Crippen molar-refractivity contribution in [2.75, 3.05) is 52.5 Å². The highest BCUT2D eigenvalue weighted by Gasteiger charge is 2.29. The van der Waals surface area contributed by atoms with Crippen molar-refractivity contribution in [2.24, 2.45) is 11.8 Å². The van der Waals surface area contributed by atoms with Crippen molar-refractivity contribution >= 4 is 0 Å². The maximum absolute atomic E-state index is 8.97. The lowest BCUT2D eigenvalue weighted by Crippen LogP contribution is -2.41. The summed E-state index contributed by atoms with van der Waals surface area (Å²) in [5.74, 6) is 1.83. The molecule has 0 atom stereocenters. The summed E-state index contributed by atoms with van der Waals surface area (Å²) in [6, 6.07) is 0. The Balaban J connectivity index is 1.65. The first-order valence-corrected chi connectivity index (χ1v) is 8.00. The van der Waals surface area contributed by atoms with Crippen molar-refractivity contribution in [3.05, 3.63) is 0 Å². The van der Waals surface area contributed by atoms with Crippen LogP contribution in [0.5, 0.6) is 0 Å². The van der Waals surface area contributed by atoms with Crippen molar-refractivity contribution in [3.8, 4) is 0 Å². The number of nitrogens with zero attached hydrogens (tertiary/aromatic N) is 2. The molecule has 2 rings (SSSR count). The van der Waals surface area contributed by atoms with Crippen molar-refractivity contribution < 1.29 is 10.2 Å². The zero-order valence-corrected chi connectivity index (χ0v) is 12.1. The van der Waals surface area contributed by atoms with Crippen LogP contribution in [0, 0.1) is 11.8 Å². The second kappa shape index (κ2) is 8.20. The fourth-order valence-corrected chi connectivity index (χ4v) is 3.73. The van der Waals surface area contributed by atoms with Crippen LogP contribution in [0.25, 0.3) is 0 Å². The normalized spacial score (nSPS) is 24.9. The minimum absolute atomic E-state index is 0.300. The topological polar surface area (TPSA) is 46.9 Å². The minimum Gasteiger partial charge on any atom is -0.396 e. The molecule has 0 aliphatic carbocycles.